The van der Waals surface area contributed by atoms with Crippen LogP contribution < -0.4 is 0 Å². The number of methoxy groups -OCH3 is 2. The van der Waals surface area contributed by atoms with Gasteiger partial charge in [0.05, 0.1) is 45.4 Å². The molecule has 8 rings (SSSR count). The van der Waals surface area contributed by atoms with Gasteiger partial charge in [-0.25, -0.2) is 4.79 Å². The number of carboxylic acid groups (broad SMARTS) is 1. The van der Waals surface area contributed by atoms with Crippen molar-refractivity contribution < 1.29 is 52.7 Å². The Kier molecular flexibility index (Phi) is 10.6. The number of aliphatic carboxylic acids is 1. The molecule has 4 aliphatic heterocycles. The number of esters is 2. The molecular weight excluding hydrogens is 608 g/mol. The second-order valence-corrected chi connectivity index (χ2v) is 16.1. The summed E-state index contributed by atoms with van der Waals surface area (Å²) in [6, 6.07) is 0. The maximum absolute atomic E-state index is 11.0. The highest BCUT2D eigenvalue weighted by Gasteiger charge is 2.56. The number of carboxylic acids is 1. The first-order valence-electron chi connectivity index (χ1n) is 17.2. The van der Waals surface area contributed by atoms with Crippen LogP contribution in [0.1, 0.15) is 91.9 Å². The van der Waals surface area contributed by atoms with Crippen LogP contribution in [0.5, 0.6) is 0 Å². The van der Waals surface area contributed by atoms with Gasteiger partial charge in [0.2, 0.25) is 0 Å². The fourth-order valence-corrected chi connectivity index (χ4v) is 9.35. The van der Waals surface area contributed by atoms with Crippen molar-refractivity contribution in [2.45, 2.75) is 116 Å². The summed E-state index contributed by atoms with van der Waals surface area (Å²) < 4.78 is 31.1. The lowest BCUT2D eigenvalue weighted by atomic mass is 9.59. The number of carbonyl (C=O) groups is 4. The minimum absolute atomic E-state index is 0.0301. The van der Waals surface area contributed by atoms with Crippen LogP contribution in [0.25, 0.3) is 0 Å². The summed E-state index contributed by atoms with van der Waals surface area (Å²) in [6.45, 7) is 12.1. The van der Waals surface area contributed by atoms with Crippen LogP contribution in [0.4, 0.5) is 0 Å². The van der Waals surface area contributed by atoms with Crippen molar-refractivity contribution in [1.29, 1.82) is 0 Å². The standard InChI is InChI=1S/C10H16O3.C10H14O3.C9H14O3.C7H10O2/c2*1-10-3-4-13-9(10)7(6-10)5-8(11)12-2;1-9-2-3-12-8(9)6(5-9)4-7(10)11;1-7-2-3-9-6(7)5(8)4-7/h7,9H,3-6H2,1-2H3;5,9H,3-4,6H2,1-2H3;6,8H,2-5H2,1H3,(H,10,11);6H,2-4H2,1H3/t7?,9-,10+;9-,10+;6?,8-,9+;6-,7+/m1111/s1. The van der Waals surface area contributed by atoms with Gasteiger partial charge < -0.3 is 33.5 Å². The van der Waals surface area contributed by atoms with Gasteiger partial charge in [0.1, 0.15) is 6.10 Å². The number of rotatable bonds is 5. The Morgan fingerprint density at radius 3 is 1.64 bits per heavy atom. The minimum Gasteiger partial charge on any atom is -0.481 e. The highest BCUT2D eigenvalue weighted by molar-refractivity contribution is 5.91. The highest BCUT2D eigenvalue weighted by atomic mass is 16.5. The molecule has 47 heavy (non-hydrogen) atoms. The van der Waals surface area contributed by atoms with Gasteiger partial charge in [0.25, 0.3) is 0 Å². The predicted octanol–water partition coefficient (Wildman–Crippen LogP) is 4.68. The third-order valence-corrected chi connectivity index (χ3v) is 12.2. The van der Waals surface area contributed by atoms with Crippen LogP contribution in [0.2, 0.25) is 0 Å². The Labute approximate surface area is 278 Å². The molecule has 8 fully saturated rings. The molecule has 2 unspecified atom stereocenters. The normalized spacial score (nSPS) is 43.5. The average Bonchev–Trinajstić information content (AvgIpc) is 3.69. The van der Waals surface area contributed by atoms with Gasteiger partial charge in [-0.1, -0.05) is 27.7 Å². The fourth-order valence-electron chi connectivity index (χ4n) is 9.35. The summed E-state index contributed by atoms with van der Waals surface area (Å²) in [7, 11) is 2.84. The second-order valence-electron chi connectivity index (χ2n) is 16.1. The lowest BCUT2D eigenvalue weighted by Crippen LogP contribution is -2.48. The third kappa shape index (κ3) is 7.33. The number of ketones is 1. The molecule has 0 aromatic heterocycles. The summed E-state index contributed by atoms with van der Waals surface area (Å²) in [5, 5.41) is 8.60. The van der Waals surface area contributed by atoms with Crippen molar-refractivity contribution in [3.63, 3.8) is 0 Å². The molecule has 10 atom stereocenters. The van der Waals surface area contributed by atoms with E-state index in [-0.39, 0.29) is 48.0 Å². The van der Waals surface area contributed by atoms with Crippen molar-refractivity contribution in [2.75, 3.05) is 40.6 Å². The Morgan fingerprint density at radius 1 is 0.723 bits per heavy atom. The first-order chi connectivity index (χ1) is 22.1. The van der Waals surface area contributed by atoms with Gasteiger partial charge in [-0.15, -0.1) is 0 Å². The summed E-state index contributed by atoms with van der Waals surface area (Å²) in [4.78, 5) is 43.2. The molecule has 1 N–H and O–H groups in total. The van der Waals surface area contributed by atoms with Crippen LogP contribution in [-0.2, 0) is 47.6 Å². The molecular formula is C36H54O11. The largest absolute Gasteiger partial charge is 0.481 e. The fraction of sp³-hybridized carbons (Fsp3) is 0.833. The van der Waals surface area contributed by atoms with Crippen LogP contribution >= 0.6 is 0 Å². The quantitative estimate of drug-likeness (QED) is 0.324. The SMILES string of the molecule is COC(=O)C=C1C[C@]2(C)CCO[C@H]12.COC(=O)CC1C[C@]2(C)CCO[C@H]12.C[C@@]12CCO[C@@H]1C(=O)C2.C[C@@]12CCO[C@@H]1C(CC(=O)O)C2. The zero-order valence-corrected chi connectivity index (χ0v) is 29.0. The molecule has 0 radical (unpaired) electrons. The van der Waals surface area contributed by atoms with Crippen molar-refractivity contribution in [2.24, 2.45) is 33.5 Å². The number of Topliss-reactive ketones (excluding diaryl/α,β-unsaturated/α-hetero) is 1. The highest BCUT2D eigenvalue weighted by Crippen LogP contribution is 2.56. The molecule has 4 saturated carbocycles. The Hall–Kier alpha value is -2.34. The molecule has 0 spiro atoms. The van der Waals surface area contributed by atoms with Crippen molar-refractivity contribution in [1.82, 2.24) is 0 Å². The van der Waals surface area contributed by atoms with Gasteiger partial charge >= 0.3 is 17.9 Å². The van der Waals surface area contributed by atoms with E-state index in [0.717, 1.165) is 83.4 Å². The molecule has 8 aliphatic rings. The minimum atomic E-state index is -0.697. The van der Waals surface area contributed by atoms with E-state index in [1.54, 1.807) is 6.08 Å². The number of ether oxygens (including phenoxy) is 6. The van der Waals surface area contributed by atoms with E-state index in [1.165, 1.54) is 14.2 Å². The monoisotopic (exact) mass is 662 g/mol. The molecule has 264 valence electrons. The van der Waals surface area contributed by atoms with Crippen molar-refractivity contribution in [3.05, 3.63) is 11.6 Å². The molecule has 0 amide bonds. The lowest BCUT2D eigenvalue weighted by molar-refractivity contribution is -0.149. The molecule has 0 bridgehead atoms. The Bertz CT molecular complexity index is 1250. The topological polar surface area (TPSA) is 144 Å². The van der Waals surface area contributed by atoms with E-state index in [1.807, 2.05) is 0 Å². The van der Waals surface area contributed by atoms with Gasteiger partial charge in [0, 0.05) is 49.8 Å². The molecule has 0 aromatic carbocycles. The van der Waals surface area contributed by atoms with Gasteiger partial charge in [0.15, 0.2) is 5.78 Å². The molecule has 11 heteroatoms. The number of carbonyl (C=O) groups excluding carboxylic acids is 3. The second kappa shape index (κ2) is 13.9. The lowest BCUT2D eigenvalue weighted by Gasteiger charge is -2.47. The van der Waals surface area contributed by atoms with Gasteiger partial charge in [-0.3, -0.25) is 14.4 Å². The summed E-state index contributed by atoms with van der Waals surface area (Å²) in [5.74, 6) is -0.0994. The van der Waals surface area contributed by atoms with E-state index >= 15 is 0 Å². The van der Waals surface area contributed by atoms with E-state index < -0.39 is 5.97 Å². The van der Waals surface area contributed by atoms with E-state index in [2.05, 4.69) is 37.2 Å². The van der Waals surface area contributed by atoms with Crippen LogP contribution in [0.3, 0.4) is 0 Å². The van der Waals surface area contributed by atoms with Gasteiger partial charge in [-0.05, 0) is 73.2 Å². The summed E-state index contributed by atoms with van der Waals surface area (Å²) in [6.07, 6.45) is 11.4. The first-order valence-corrected chi connectivity index (χ1v) is 17.2. The summed E-state index contributed by atoms with van der Waals surface area (Å²) in [5.41, 5.74) is 2.28. The van der Waals surface area contributed by atoms with E-state index in [9.17, 15) is 19.2 Å². The van der Waals surface area contributed by atoms with E-state index in [0.29, 0.717) is 40.5 Å². The maximum Gasteiger partial charge on any atom is 0.330 e. The first kappa shape index (κ1) is 36.0. The van der Waals surface area contributed by atoms with Crippen molar-refractivity contribution in [3.8, 4) is 0 Å². The molecule has 4 heterocycles. The molecule has 4 saturated heterocycles. The third-order valence-electron chi connectivity index (χ3n) is 12.2. The maximum atomic E-state index is 11.0. The number of hydrogen-bond donors (Lipinski definition) is 1. The number of fused-ring (bicyclic) bond motifs is 4. The van der Waals surface area contributed by atoms with Gasteiger partial charge in [-0.2, -0.15) is 0 Å². The smallest absolute Gasteiger partial charge is 0.330 e. The average molecular weight is 663 g/mol. The van der Waals surface area contributed by atoms with Crippen LogP contribution in [-0.4, -0.2) is 93.9 Å². The van der Waals surface area contributed by atoms with Crippen LogP contribution in [0, 0.1) is 33.5 Å². The predicted molar refractivity (Wildman–Crippen MR) is 169 cm³/mol. The molecule has 4 aliphatic carbocycles. The number of hydrogen-bond acceptors (Lipinski definition) is 10. The Morgan fingerprint density at radius 2 is 1.21 bits per heavy atom. The zero-order chi connectivity index (χ0) is 34.2. The van der Waals surface area contributed by atoms with E-state index in [4.69, 9.17) is 24.1 Å². The van der Waals surface area contributed by atoms with Crippen LogP contribution in [0.15, 0.2) is 11.6 Å². The molecule has 11 nitrogen and oxygen atoms in total. The van der Waals surface area contributed by atoms with Crippen molar-refractivity contribution >= 4 is 23.7 Å². The molecule has 0 aromatic rings. The Balaban J connectivity index is 0.000000124. The summed E-state index contributed by atoms with van der Waals surface area (Å²) >= 11 is 0. The zero-order valence-electron chi connectivity index (χ0n) is 29.0.